The van der Waals surface area contributed by atoms with Gasteiger partial charge in [0.05, 0.1) is 19.8 Å². The number of ether oxygens (including phenoxy) is 3. The van der Waals surface area contributed by atoms with Crippen molar-refractivity contribution in [2.45, 2.75) is 19.4 Å². The summed E-state index contributed by atoms with van der Waals surface area (Å²) in [6.45, 7) is 4.43. The summed E-state index contributed by atoms with van der Waals surface area (Å²) in [5.74, 6) is 0. The lowest BCUT2D eigenvalue weighted by Gasteiger charge is -2.10. The van der Waals surface area contributed by atoms with Crippen LogP contribution in [0.2, 0.25) is 0 Å². The van der Waals surface area contributed by atoms with Crippen molar-refractivity contribution >= 4 is 0 Å². The second kappa shape index (κ2) is 11.9. The van der Waals surface area contributed by atoms with E-state index in [1.54, 1.807) is 7.11 Å². The number of rotatable bonds is 12. The maximum atomic E-state index is 5.72. The van der Waals surface area contributed by atoms with Crippen LogP contribution in [-0.4, -0.2) is 47.1 Å². The summed E-state index contributed by atoms with van der Waals surface area (Å²) in [5, 5.41) is 3.18. The van der Waals surface area contributed by atoms with Gasteiger partial charge in [-0.1, -0.05) is 24.3 Å². The Morgan fingerprint density at radius 1 is 0.950 bits per heavy atom. The molecule has 4 nitrogen and oxygen atoms in total. The van der Waals surface area contributed by atoms with Crippen molar-refractivity contribution in [3.63, 3.8) is 0 Å². The Kier molecular flexibility index (Phi) is 10.1. The molecule has 0 aliphatic carbocycles. The van der Waals surface area contributed by atoms with Crippen LogP contribution in [-0.2, 0) is 27.2 Å². The molecule has 20 heavy (non-hydrogen) atoms. The van der Waals surface area contributed by atoms with Gasteiger partial charge in [-0.25, -0.2) is 0 Å². The van der Waals surface area contributed by atoms with Crippen LogP contribution in [0.4, 0.5) is 0 Å². The van der Waals surface area contributed by atoms with Gasteiger partial charge in [-0.15, -0.1) is 0 Å². The fourth-order valence-electron chi connectivity index (χ4n) is 1.89. The van der Waals surface area contributed by atoms with Gasteiger partial charge in [0.15, 0.2) is 0 Å². The molecule has 0 aromatic heterocycles. The molecule has 4 heteroatoms. The van der Waals surface area contributed by atoms with E-state index in [1.807, 2.05) is 7.05 Å². The van der Waals surface area contributed by atoms with E-state index in [0.29, 0.717) is 19.8 Å². The van der Waals surface area contributed by atoms with Gasteiger partial charge < -0.3 is 19.5 Å². The van der Waals surface area contributed by atoms with E-state index in [4.69, 9.17) is 14.2 Å². The number of likely N-dealkylation sites (N-methyl/N-ethyl adjacent to an activating group) is 1. The molecule has 0 fully saturated rings. The van der Waals surface area contributed by atoms with Gasteiger partial charge in [0.1, 0.15) is 0 Å². The van der Waals surface area contributed by atoms with Crippen LogP contribution in [0.15, 0.2) is 24.3 Å². The van der Waals surface area contributed by atoms with E-state index in [9.17, 15) is 0 Å². The standard InChI is InChI=1S/C16H27NO3/c1-17-9-8-15-6-3-4-7-16(15)14-20-11-5-10-19-13-12-18-2/h3-4,6-7,17H,5,8-14H2,1-2H3. The van der Waals surface area contributed by atoms with E-state index in [0.717, 1.165) is 32.6 Å². The normalized spacial score (nSPS) is 10.9. The second-order valence-corrected chi connectivity index (χ2v) is 4.63. The zero-order valence-electron chi connectivity index (χ0n) is 12.7. The van der Waals surface area contributed by atoms with Crippen molar-refractivity contribution in [3.05, 3.63) is 35.4 Å². The molecule has 0 unspecified atom stereocenters. The van der Waals surface area contributed by atoms with Crippen molar-refractivity contribution in [1.29, 1.82) is 0 Å². The summed E-state index contributed by atoms with van der Waals surface area (Å²) < 4.78 is 16.0. The second-order valence-electron chi connectivity index (χ2n) is 4.63. The Balaban J connectivity index is 2.15. The monoisotopic (exact) mass is 281 g/mol. The fourth-order valence-corrected chi connectivity index (χ4v) is 1.89. The Labute approximate surface area is 122 Å². The van der Waals surface area contributed by atoms with Crippen molar-refractivity contribution in [2.24, 2.45) is 0 Å². The predicted molar refractivity (Wildman–Crippen MR) is 81.0 cm³/mol. The minimum absolute atomic E-state index is 0.652. The highest BCUT2D eigenvalue weighted by molar-refractivity contribution is 5.26. The summed E-state index contributed by atoms with van der Waals surface area (Å²) in [5.41, 5.74) is 2.64. The maximum absolute atomic E-state index is 5.72. The number of nitrogens with one attached hydrogen (secondary N) is 1. The average molecular weight is 281 g/mol. The SMILES string of the molecule is CNCCc1ccccc1COCCCOCCOC. The largest absolute Gasteiger partial charge is 0.382 e. The highest BCUT2D eigenvalue weighted by Crippen LogP contribution is 2.10. The summed E-state index contributed by atoms with van der Waals surface area (Å²) in [7, 11) is 3.65. The molecule has 1 N–H and O–H groups in total. The molecular formula is C16H27NO3. The average Bonchev–Trinajstić information content (AvgIpc) is 2.49. The predicted octanol–water partition coefficient (Wildman–Crippen LogP) is 2.02. The lowest BCUT2D eigenvalue weighted by Crippen LogP contribution is -2.12. The number of methoxy groups -OCH3 is 1. The summed E-state index contributed by atoms with van der Waals surface area (Å²) >= 11 is 0. The molecule has 0 saturated carbocycles. The van der Waals surface area contributed by atoms with Crippen LogP contribution in [0.3, 0.4) is 0 Å². The smallest absolute Gasteiger partial charge is 0.0719 e. The number of hydrogen-bond acceptors (Lipinski definition) is 4. The van der Waals surface area contributed by atoms with Gasteiger partial charge in [-0.2, -0.15) is 0 Å². The van der Waals surface area contributed by atoms with Crippen LogP contribution in [0, 0.1) is 0 Å². The van der Waals surface area contributed by atoms with Gasteiger partial charge in [0.2, 0.25) is 0 Å². The molecule has 0 aliphatic rings. The van der Waals surface area contributed by atoms with Gasteiger partial charge in [-0.05, 0) is 37.6 Å². The first-order valence-corrected chi connectivity index (χ1v) is 7.24. The van der Waals surface area contributed by atoms with Gasteiger partial charge in [0.25, 0.3) is 0 Å². The lowest BCUT2D eigenvalue weighted by molar-refractivity contribution is 0.0482. The lowest BCUT2D eigenvalue weighted by atomic mass is 10.1. The van der Waals surface area contributed by atoms with E-state index < -0.39 is 0 Å². The van der Waals surface area contributed by atoms with Crippen LogP contribution >= 0.6 is 0 Å². The number of benzene rings is 1. The molecule has 0 atom stereocenters. The molecule has 0 amide bonds. The minimum atomic E-state index is 0.652. The summed E-state index contributed by atoms with van der Waals surface area (Å²) in [4.78, 5) is 0. The third-order valence-electron chi connectivity index (χ3n) is 3.03. The minimum Gasteiger partial charge on any atom is -0.382 e. The van der Waals surface area contributed by atoms with Crippen LogP contribution in [0.5, 0.6) is 0 Å². The molecular weight excluding hydrogens is 254 g/mol. The quantitative estimate of drug-likeness (QED) is 0.595. The molecule has 0 saturated heterocycles. The molecule has 1 rings (SSSR count). The Morgan fingerprint density at radius 2 is 1.70 bits per heavy atom. The first-order valence-electron chi connectivity index (χ1n) is 7.24. The molecule has 114 valence electrons. The maximum Gasteiger partial charge on any atom is 0.0719 e. The third-order valence-corrected chi connectivity index (χ3v) is 3.03. The van der Waals surface area contributed by atoms with Gasteiger partial charge in [0, 0.05) is 20.3 Å². The van der Waals surface area contributed by atoms with Crippen LogP contribution in [0.1, 0.15) is 17.5 Å². The van der Waals surface area contributed by atoms with Crippen molar-refractivity contribution < 1.29 is 14.2 Å². The molecule has 0 spiro atoms. The molecule has 0 heterocycles. The molecule has 1 aromatic rings. The first kappa shape index (κ1) is 17.1. The Hall–Kier alpha value is -0.940. The zero-order valence-corrected chi connectivity index (χ0v) is 12.7. The third kappa shape index (κ3) is 7.60. The van der Waals surface area contributed by atoms with E-state index in [1.165, 1.54) is 11.1 Å². The van der Waals surface area contributed by atoms with E-state index in [-0.39, 0.29) is 0 Å². The molecule has 0 radical (unpaired) electrons. The highest BCUT2D eigenvalue weighted by atomic mass is 16.5. The van der Waals surface area contributed by atoms with Crippen LogP contribution in [0.25, 0.3) is 0 Å². The topological polar surface area (TPSA) is 39.7 Å². The number of hydrogen-bond donors (Lipinski definition) is 1. The molecule has 1 aromatic carbocycles. The Bertz CT molecular complexity index is 344. The van der Waals surface area contributed by atoms with Gasteiger partial charge in [-0.3, -0.25) is 0 Å². The van der Waals surface area contributed by atoms with Crippen LogP contribution < -0.4 is 5.32 Å². The fraction of sp³-hybridized carbons (Fsp3) is 0.625. The summed E-state index contributed by atoms with van der Waals surface area (Å²) in [6.07, 6.45) is 1.96. The highest BCUT2D eigenvalue weighted by Gasteiger charge is 2.01. The zero-order chi connectivity index (χ0) is 14.5. The van der Waals surface area contributed by atoms with Crippen molar-refractivity contribution in [3.8, 4) is 0 Å². The first-order chi connectivity index (χ1) is 9.88. The van der Waals surface area contributed by atoms with E-state index in [2.05, 4.69) is 29.6 Å². The van der Waals surface area contributed by atoms with E-state index >= 15 is 0 Å². The van der Waals surface area contributed by atoms with Crippen molar-refractivity contribution in [2.75, 3.05) is 47.1 Å². The molecule has 0 aliphatic heterocycles. The van der Waals surface area contributed by atoms with Gasteiger partial charge >= 0.3 is 0 Å². The Morgan fingerprint density at radius 3 is 2.45 bits per heavy atom. The van der Waals surface area contributed by atoms with Crippen molar-refractivity contribution in [1.82, 2.24) is 5.32 Å². The molecule has 0 bridgehead atoms. The summed E-state index contributed by atoms with van der Waals surface area (Å²) in [6, 6.07) is 8.46.